The summed E-state index contributed by atoms with van der Waals surface area (Å²) in [6, 6.07) is 15.2. The van der Waals surface area contributed by atoms with E-state index in [2.05, 4.69) is 13.8 Å². The van der Waals surface area contributed by atoms with Gasteiger partial charge in [0.05, 0.1) is 11.7 Å². The Balaban J connectivity index is 2.21. The van der Waals surface area contributed by atoms with Gasteiger partial charge in [-0.2, -0.15) is 0 Å². The number of anilines is 1. The summed E-state index contributed by atoms with van der Waals surface area (Å²) in [5.41, 5.74) is 3.31. The van der Waals surface area contributed by atoms with Crippen LogP contribution >= 0.6 is 8.44 Å². The van der Waals surface area contributed by atoms with Gasteiger partial charge in [0.15, 0.2) is 0 Å². The zero-order valence-corrected chi connectivity index (χ0v) is 15.4. The van der Waals surface area contributed by atoms with Crippen molar-refractivity contribution in [3.8, 4) is 0 Å². The number of hydrogen-bond acceptors (Lipinski definition) is 2. The highest BCUT2D eigenvalue weighted by Gasteiger charge is 2.14. The second kappa shape index (κ2) is 7.71. The molecule has 2 unspecified atom stereocenters. The third kappa shape index (κ3) is 4.63. The molecule has 2 aromatic rings. The summed E-state index contributed by atoms with van der Waals surface area (Å²) in [5.74, 6) is -0.144. The van der Waals surface area contributed by atoms with Crippen molar-refractivity contribution in [1.29, 1.82) is 0 Å². The number of carbonyl (C=O) groups excluding carboxylic acids is 1. The van der Waals surface area contributed by atoms with Crippen molar-refractivity contribution >= 4 is 30.6 Å². The van der Waals surface area contributed by atoms with E-state index in [1.165, 1.54) is 0 Å². The normalized spacial score (nSPS) is 13.2. The van der Waals surface area contributed by atoms with Gasteiger partial charge < -0.3 is 5.32 Å². The highest BCUT2D eigenvalue weighted by molar-refractivity contribution is 8.34. The number of amides is 1. The maximum atomic E-state index is 12.5. The Hall–Kier alpha value is -1.71. The minimum Gasteiger partial charge on any atom is -0.346 e. The van der Waals surface area contributed by atoms with Crippen LogP contribution < -0.4 is 9.62 Å². The third-order valence-electron chi connectivity index (χ3n) is 3.60. The van der Waals surface area contributed by atoms with Gasteiger partial charge >= 0.3 is 0 Å². The third-order valence-corrected chi connectivity index (χ3v) is 5.30. The first-order valence-corrected chi connectivity index (χ1v) is 9.84. The first-order valence-electron chi connectivity index (χ1n) is 7.26. The summed E-state index contributed by atoms with van der Waals surface area (Å²) in [7, 11) is 2.76. The van der Waals surface area contributed by atoms with Crippen molar-refractivity contribution in [1.82, 2.24) is 5.32 Å². The van der Waals surface area contributed by atoms with Crippen molar-refractivity contribution in [2.45, 2.75) is 19.9 Å². The van der Waals surface area contributed by atoms with Gasteiger partial charge in [0.2, 0.25) is 0 Å². The Morgan fingerprint density at radius 2 is 1.87 bits per heavy atom. The summed E-state index contributed by atoms with van der Waals surface area (Å²) in [6.07, 6.45) is 0. The molecule has 0 bridgehead atoms. The maximum absolute atomic E-state index is 12.5. The first-order chi connectivity index (χ1) is 10.9. The Morgan fingerprint density at radius 1 is 1.22 bits per heavy atom. The second-order valence-corrected chi connectivity index (χ2v) is 7.75. The average molecular weight is 348 g/mol. The molecule has 3 atom stereocenters. The lowest BCUT2D eigenvalue weighted by molar-refractivity contribution is 0.0940. The van der Waals surface area contributed by atoms with Gasteiger partial charge in [-0.15, -0.1) is 0 Å². The molecule has 0 aliphatic rings. The Kier molecular flexibility index (Phi) is 5.91. The molecule has 2 aromatic carbocycles. The lowest BCUT2D eigenvalue weighted by Gasteiger charge is -2.18. The van der Waals surface area contributed by atoms with E-state index in [-0.39, 0.29) is 11.9 Å². The van der Waals surface area contributed by atoms with E-state index in [1.54, 1.807) is 17.4 Å². The largest absolute Gasteiger partial charge is 0.346 e. The molecule has 2 rings (SSSR count). The van der Waals surface area contributed by atoms with Gasteiger partial charge in [-0.25, -0.2) is 4.21 Å². The molecule has 1 N–H and O–H groups in total. The van der Waals surface area contributed by atoms with Crippen LogP contribution in [0.1, 0.15) is 34.5 Å². The van der Waals surface area contributed by atoms with E-state index < -0.39 is 10.6 Å². The van der Waals surface area contributed by atoms with E-state index >= 15 is 0 Å². The van der Waals surface area contributed by atoms with Gasteiger partial charge in [0.25, 0.3) is 5.91 Å². The average Bonchev–Trinajstić information content (AvgIpc) is 2.54. The summed E-state index contributed by atoms with van der Waals surface area (Å²) in [4.78, 5) is 12.5. The lowest BCUT2D eigenvalue weighted by Crippen LogP contribution is -2.27. The fourth-order valence-electron chi connectivity index (χ4n) is 2.28. The summed E-state index contributed by atoms with van der Waals surface area (Å²) < 4.78 is 13.2. The quantitative estimate of drug-likeness (QED) is 0.842. The van der Waals surface area contributed by atoms with E-state index in [1.807, 2.05) is 56.3 Å². The molecule has 0 aliphatic carbocycles. The van der Waals surface area contributed by atoms with Crippen molar-refractivity contribution in [2.75, 3.05) is 11.4 Å². The predicted octanol–water partition coefficient (Wildman–Crippen LogP) is 3.38. The van der Waals surface area contributed by atoms with E-state index in [0.717, 1.165) is 16.8 Å². The molecule has 1 amide bonds. The smallest absolute Gasteiger partial charge is 0.251 e. The Morgan fingerprint density at radius 3 is 2.48 bits per heavy atom. The van der Waals surface area contributed by atoms with Crippen LogP contribution in [0.2, 0.25) is 0 Å². The molecule has 122 valence electrons. The van der Waals surface area contributed by atoms with Gasteiger partial charge in [0.1, 0.15) is 10.6 Å². The van der Waals surface area contributed by atoms with E-state index in [9.17, 15) is 9.00 Å². The zero-order valence-electron chi connectivity index (χ0n) is 13.4. The Bertz CT molecular complexity index is 722. The lowest BCUT2D eigenvalue weighted by atomic mass is 10.1. The number of aryl methyl sites for hydroxylation is 1. The highest BCUT2D eigenvalue weighted by Crippen LogP contribution is 2.22. The molecular weight excluding hydrogens is 327 g/mol. The van der Waals surface area contributed by atoms with Crippen LogP contribution in [0.25, 0.3) is 0 Å². The molecule has 23 heavy (non-hydrogen) atoms. The van der Waals surface area contributed by atoms with Crippen LogP contribution in [0.15, 0.2) is 48.5 Å². The molecule has 0 spiro atoms. The first kappa shape index (κ1) is 17.6. The van der Waals surface area contributed by atoms with Gasteiger partial charge in [0, 0.05) is 12.6 Å². The number of carbonyl (C=O) groups is 1. The monoisotopic (exact) mass is 348 g/mol. The van der Waals surface area contributed by atoms with E-state index in [0.29, 0.717) is 5.56 Å². The molecule has 0 heterocycles. The Labute approximate surface area is 141 Å². The molecule has 4 nitrogen and oxygen atoms in total. The van der Waals surface area contributed by atoms with Gasteiger partial charge in [-0.1, -0.05) is 30.3 Å². The van der Waals surface area contributed by atoms with Crippen LogP contribution in [-0.4, -0.2) is 17.2 Å². The minimum atomic E-state index is -1.21. The molecule has 0 fully saturated rings. The maximum Gasteiger partial charge on any atom is 0.251 e. The topological polar surface area (TPSA) is 49.4 Å². The molecule has 6 heteroatoms. The highest BCUT2D eigenvalue weighted by atomic mass is 32.7. The minimum absolute atomic E-state index is 0.0822. The number of nitrogens with zero attached hydrogens (tertiary/aromatic N) is 1. The molecule has 0 radical (unpaired) electrons. The number of nitrogens with one attached hydrogen (secondary N) is 1. The standard InChI is InChI=1S/C17H21N2O2PS/c1-12-9-15(11-16(10-12)19(3)23(21)22)17(20)18-13(2)14-7-5-4-6-8-14/h4-11,13H,22H2,1-3H3,(H,18,20)/t13-,23?/m1/s1. The summed E-state index contributed by atoms with van der Waals surface area (Å²) >= 11 is 0. The second-order valence-electron chi connectivity index (χ2n) is 5.44. The molecule has 0 saturated heterocycles. The van der Waals surface area contributed by atoms with Crippen LogP contribution in [0.4, 0.5) is 5.69 Å². The van der Waals surface area contributed by atoms with Crippen molar-refractivity contribution in [2.24, 2.45) is 0 Å². The van der Waals surface area contributed by atoms with Gasteiger partial charge in [-0.3, -0.25) is 9.10 Å². The van der Waals surface area contributed by atoms with Crippen molar-refractivity contribution in [3.63, 3.8) is 0 Å². The zero-order chi connectivity index (χ0) is 17.0. The SMILES string of the molecule is Cc1cc(C(=O)N[C@H](C)c2ccccc2)cc(N(C)S(=O)P)c1. The van der Waals surface area contributed by atoms with Gasteiger partial charge in [-0.05, 0) is 51.6 Å². The fraction of sp³-hybridized carbons (Fsp3) is 0.235. The molecular formula is C17H21N2O2PS. The molecule has 0 aliphatic heterocycles. The summed E-state index contributed by atoms with van der Waals surface area (Å²) in [5, 5.41) is 3.00. The number of benzene rings is 2. The predicted molar refractivity (Wildman–Crippen MR) is 99.8 cm³/mol. The van der Waals surface area contributed by atoms with E-state index in [4.69, 9.17) is 0 Å². The van der Waals surface area contributed by atoms with Crippen LogP contribution in [0.5, 0.6) is 0 Å². The number of rotatable bonds is 5. The van der Waals surface area contributed by atoms with Crippen molar-refractivity contribution < 1.29 is 9.00 Å². The summed E-state index contributed by atoms with van der Waals surface area (Å²) in [6.45, 7) is 3.87. The van der Waals surface area contributed by atoms with Crippen LogP contribution in [0.3, 0.4) is 0 Å². The molecule has 0 aromatic heterocycles. The number of hydrogen-bond donors (Lipinski definition) is 1. The van der Waals surface area contributed by atoms with Crippen LogP contribution in [0, 0.1) is 6.92 Å². The fourth-order valence-corrected chi connectivity index (χ4v) is 2.96. The van der Waals surface area contributed by atoms with Crippen molar-refractivity contribution in [3.05, 3.63) is 65.2 Å². The van der Waals surface area contributed by atoms with Crippen LogP contribution in [-0.2, 0) is 10.6 Å². The molecule has 0 saturated carbocycles.